The van der Waals surface area contributed by atoms with Crippen LogP contribution < -0.4 is 0 Å². The van der Waals surface area contributed by atoms with E-state index in [1.807, 2.05) is 37.3 Å². The van der Waals surface area contributed by atoms with Gasteiger partial charge in [0.05, 0.1) is 10.6 Å². The van der Waals surface area contributed by atoms with Gasteiger partial charge in [-0.3, -0.25) is 4.40 Å². The van der Waals surface area contributed by atoms with Gasteiger partial charge in [0.2, 0.25) is 0 Å². The van der Waals surface area contributed by atoms with Crippen LogP contribution in [0.5, 0.6) is 0 Å². The molecule has 3 nitrogen and oxygen atoms in total. The molecule has 0 spiro atoms. The van der Waals surface area contributed by atoms with E-state index in [4.69, 9.17) is 11.6 Å². The highest BCUT2D eigenvalue weighted by atomic mass is 35.5. The van der Waals surface area contributed by atoms with Crippen LogP contribution in [-0.4, -0.2) is 14.6 Å². The van der Waals surface area contributed by atoms with Gasteiger partial charge < -0.3 is 0 Å². The average Bonchev–Trinajstić information content (AvgIpc) is 2.91. The highest BCUT2D eigenvalue weighted by molar-refractivity contribution is 7.99. The summed E-state index contributed by atoms with van der Waals surface area (Å²) in [7, 11) is 0. The van der Waals surface area contributed by atoms with Gasteiger partial charge in [0.25, 0.3) is 0 Å². The predicted molar refractivity (Wildman–Crippen MR) is 83.7 cm³/mol. The fourth-order valence-electron chi connectivity index (χ4n) is 2.12. The van der Waals surface area contributed by atoms with Crippen molar-refractivity contribution in [1.82, 2.24) is 14.6 Å². The molecule has 8 heteroatoms. The van der Waals surface area contributed by atoms with Crippen LogP contribution in [0.3, 0.4) is 0 Å². The van der Waals surface area contributed by atoms with E-state index in [-0.39, 0.29) is 15.9 Å². The Balaban J connectivity index is 2.00. The molecule has 0 fully saturated rings. The summed E-state index contributed by atoms with van der Waals surface area (Å²) < 4.78 is 40.1. The largest absolute Gasteiger partial charge is 0.417 e. The molecule has 0 N–H and O–H groups in total. The molecule has 0 saturated carbocycles. The van der Waals surface area contributed by atoms with Crippen molar-refractivity contribution in [1.29, 1.82) is 0 Å². The van der Waals surface area contributed by atoms with Crippen molar-refractivity contribution in [2.24, 2.45) is 0 Å². The van der Waals surface area contributed by atoms with E-state index >= 15 is 0 Å². The highest BCUT2D eigenvalue weighted by Crippen LogP contribution is 2.37. The third-order valence-corrected chi connectivity index (χ3v) is 4.70. The lowest BCUT2D eigenvalue weighted by atomic mass is 10.2. The van der Waals surface area contributed by atoms with Gasteiger partial charge in [-0.25, -0.2) is 0 Å². The van der Waals surface area contributed by atoms with Crippen LogP contribution in [-0.2, 0) is 6.18 Å². The number of rotatable bonds is 3. The third kappa shape index (κ3) is 3.30. The standard InChI is InChI=1S/C15H11ClF3N3S/c1-9(10-5-3-2-4-6-10)23-14-21-20-13-12(16)7-11(8-22(13)14)15(17,18)19/h2-9H,1H3/t9-/m1/s1. The maximum Gasteiger partial charge on any atom is 0.417 e. The number of alkyl halides is 3. The maximum absolute atomic E-state index is 12.9. The van der Waals surface area contributed by atoms with E-state index in [9.17, 15) is 13.2 Å². The Bertz CT molecular complexity index is 833. The smallest absolute Gasteiger partial charge is 0.276 e. The molecule has 0 aliphatic rings. The molecule has 3 aromatic rings. The average molecular weight is 358 g/mol. The molecule has 0 radical (unpaired) electrons. The number of halogens is 4. The Morgan fingerprint density at radius 2 is 1.87 bits per heavy atom. The first-order valence-electron chi connectivity index (χ1n) is 6.69. The lowest BCUT2D eigenvalue weighted by Crippen LogP contribution is -2.07. The molecule has 1 atom stereocenters. The quantitative estimate of drug-likeness (QED) is 0.599. The second-order valence-electron chi connectivity index (χ2n) is 4.92. The van der Waals surface area contributed by atoms with Gasteiger partial charge in [0.1, 0.15) is 0 Å². The Labute approximate surface area is 139 Å². The monoisotopic (exact) mass is 357 g/mol. The van der Waals surface area contributed by atoms with Crippen LogP contribution in [0.25, 0.3) is 5.65 Å². The minimum Gasteiger partial charge on any atom is -0.276 e. The van der Waals surface area contributed by atoms with E-state index in [1.54, 1.807) is 0 Å². The van der Waals surface area contributed by atoms with Crippen LogP contribution in [0.2, 0.25) is 5.02 Å². The van der Waals surface area contributed by atoms with Crippen molar-refractivity contribution in [2.75, 3.05) is 0 Å². The van der Waals surface area contributed by atoms with Gasteiger partial charge in [-0.2, -0.15) is 13.2 Å². The molecule has 2 heterocycles. The zero-order chi connectivity index (χ0) is 16.6. The van der Waals surface area contributed by atoms with Crippen LogP contribution in [0.4, 0.5) is 13.2 Å². The van der Waals surface area contributed by atoms with Gasteiger partial charge >= 0.3 is 6.18 Å². The Kier molecular flexibility index (Phi) is 4.25. The second kappa shape index (κ2) is 6.05. The summed E-state index contributed by atoms with van der Waals surface area (Å²) in [5, 5.41) is 8.15. The van der Waals surface area contributed by atoms with Crippen molar-refractivity contribution >= 4 is 29.0 Å². The first kappa shape index (κ1) is 16.1. The predicted octanol–water partition coefficient (Wildman–Crippen LogP) is 5.25. The summed E-state index contributed by atoms with van der Waals surface area (Å²) in [6.07, 6.45) is -3.50. The number of benzene rings is 1. The fourth-order valence-corrected chi connectivity index (χ4v) is 3.32. The van der Waals surface area contributed by atoms with E-state index in [1.165, 1.54) is 16.2 Å². The van der Waals surface area contributed by atoms with E-state index in [2.05, 4.69) is 10.2 Å². The van der Waals surface area contributed by atoms with Crippen LogP contribution in [0, 0.1) is 0 Å². The number of fused-ring (bicyclic) bond motifs is 1. The normalized spacial score (nSPS) is 13.4. The van der Waals surface area contributed by atoms with Gasteiger partial charge in [0.15, 0.2) is 10.8 Å². The van der Waals surface area contributed by atoms with E-state index < -0.39 is 11.7 Å². The molecule has 0 saturated heterocycles. The fraction of sp³-hybridized carbons (Fsp3) is 0.200. The molecular weight excluding hydrogens is 347 g/mol. The first-order chi connectivity index (χ1) is 10.9. The SMILES string of the molecule is C[C@@H](Sc1nnc2c(Cl)cc(C(F)(F)F)cn12)c1ccccc1. The molecule has 0 aliphatic heterocycles. The molecule has 0 unspecified atom stereocenters. The molecule has 1 aromatic carbocycles. The van der Waals surface area contributed by atoms with E-state index in [0.29, 0.717) is 5.16 Å². The molecule has 2 aromatic heterocycles. The van der Waals surface area contributed by atoms with Gasteiger partial charge in [-0.15, -0.1) is 10.2 Å². The zero-order valence-corrected chi connectivity index (χ0v) is 13.5. The molecule has 0 aliphatic carbocycles. The number of thioether (sulfide) groups is 1. The molecule has 120 valence electrons. The summed E-state index contributed by atoms with van der Waals surface area (Å²) in [5.74, 6) is 0. The number of aromatic nitrogens is 3. The number of hydrogen-bond donors (Lipinski definition) is 0. The van der Waals surface area contributed by atoms with Gasteiger partial charge in [-0.05, 0) is 18.6 Å². The maximum atomic E-state index is 12.9. The molecular formula is C15H11ClF3N3S. The lowest BCUT2D eigenvalue weighted by molar-refractivity contribution is -0.137. The van der Waals surface area contributed by atoms with Gasteiger partial charge in [-0.1, -0.05) is 53.7 Å². The summed E-state index contributed by atoms with van der Waals surface area (Å²) in [5.41, 5.74) is 0.429. The summed E-state index contributed by atoms with van der Waals surface area (Å²) in [6.45, 7) is 1.95. The molecule has 0 amide bonds. The molecule has 23 heavy (non-hydrogen) atoms. The minimum atomic E-state index is -4.48. The molecule has 0 bridgehead atoms. The number of pyridine rings is 1. The Morgan fingerprint density at radius 1 is 1.17 bits per heavy atom. The molecule has 3 rings (SSSR count). The zero-order valence-electron chi connectivity index (χ0n) is 11.9. The third-order valence-electron chi connectivity index (χ3n) is 3.31. The summed E-state index contributed by atoms with van der Waals surface area (Å²) in [4.78, 5) is 0. The van der Waals surface area contributed by atoms with E-state index in [0.717, 1.165) is 17.8 Å². The van der Waals surface area contributed by atoms with Crippen molar-refractivity contribution < 1.29 is 13.2 Å². The summed E-state index contributed by atoms with van der Waals surface area (Å²) >= 11 is 7.23. The van der Waals surface area contributed by atoms with Crippen LogP contribution in [0.1, 0.15) is 23.3 Å². The van der Waals surface area contributed by atoms with Gasteiger partial charge in [0, 0.05) is 11.4 Å². The van der Waals surface area contributed by atoms with Crippen molar-refractivity contribution in [2.45, 2.75) is 23.5 Å². The van der Waals surface area contributed by atoms with Crippen molar-refractivity contribution in [3.8, 4) is 0 Å². The Hall–Kier alpha value is -1.73. The van der Waals surface area contributed by atoms with Crippen molar-refractivity contribution in [3.05, 3.63) is 58.7 Å². The number of hydrogen-bond acceptors (Lipinski definition) is 3. The lowest BCUT2D eigenvalue weighted by Gasteiger charge is -2.11. The Morgan fingerprint density at radius 3 is 2.52 bits per heavy atom. The van der Waals surface area contributed by atoms with Crippen LogP contribution in [0.15, 0.2) is 47.8 Å². The minimum absolute atomic E-state index is 0.0110. The topological polar surface area (TPSA) is 30.2 Å². The highest BCUT2D eigenvalue weighted by Gasteiger charge is 2.32. The second-order valence-corrected chi connectivity index (χ2v) is 6.64. The van der Waals surface area contributed by atoms with Crippen LogP contribution >= 0.6 is 23.4 Å². The number of nitrogens with zero attached hydrogens (tertiary/aromatic N) is 3. The first-order valence-corrected chi connectivity index (χ1v) is 7.95. The summed E-state index contributed by atoms with van der Waals surface area (Å²) in [6, 6.07) is 10.5. The van der Waals surface area contributed by atoms with Crippen molar-refractivity contribution in [3.63, 3.8) is 0 Å².